The quantitative estimate of drug-likeness (QED) is 0.811. The maximum Gasteiger partial charge on any atom is 0.0622 e. The van der Waals surface area contributed by atoms with Crippen molar-refractivity contribution in [1.29, 1.82) is 5.26 Å². The van der Waals surface area contributed by atoms with Gasteiger partial charge in [0.15, 0.2) is 0 Å². The van der Waals surface area contributed by atoms with Gasteiger partial charge in [-0.05, 0) is 37.6 Å². The van der Waals surface area contributed by atoms with Gasteiger partial charge in [-0.25, -0.2) is 0 Å². The summed E-state index contributed by atoms with van der Waals surface area (Å²) in [5.41, 5.74) is 1.03. The molecule has 0 saturated carbocycles. The predicted molar refractivity (Wildman–Crippen MR) is 67.7 cm³/mol. The zero-order valence-electron chi connectivity index (χ0n) is 9.13. The van der Waals surface area contributed by atoms with Crippen molar-refractivity contribution >= 4 is 23.2 Å². The van der Waals surface area contributed by atoms with E-state index in [1.807, 2.05) is 19.1 Å². The van der Waals surface area contributed by atoms with E-state index in [0.29, 0.717) is 16.5 Å². The fraction of sp³-hybridized carbons (Fsp3) is 0.417. The summed E-state index contributed by atoms with van der Waals surface area (Å²) in [4.78, 5) is 0. The van der Waals surface area contributed by atoms with Gasteiger partial charge in [0.25, 0.3) is 0 Å². The van der Waals surface area contributed by atoms with Crippen molar-refractivity contribution < 1.29 is 0 Å². The van der Waals surface area contributed by atoms with Gasteiger partial charge in [-0.2, -0.15) is 5.26 Å². The van der Waals surface area contributed by atoms with Crippen LogP contribution in [0.1, 0.15) is 31.4 Å². The fourth-order valence-corrected chi connectivity index (χ4v) is 2.02. The van der Waals surface area contributed by atoms with E-state index in [2.05, 4.69) is 11.4 Å². The first-order valence-corrected chi connectivity index (χ1v) is 5.96. The molecule has 1 N–H and O–H groups in total. The lowest BCUT2D eigenvalue weighted by Gasteiger charge is -2.15. The third-order valence-corrected chi connectivity index (χ3v) is 2.91. The Morgan fingerprint density at radius 3 is 2.81 bits per heavy atom. The van der Waals surface area contributed by atoms with Gasteiger partial charge in [0.05, 0.1) is 6.07 Å². The molecule has 0 aliphatic heterocycles. The topological polar surface area (TPSA) is 35.8 Å². The Morgan fingerprint density at radius 1 is 1.44 bits per heavy atom. The van der Waals surface area contributed by atoms with Crippen LogP contribution in [-0.4, -0.2) is 6.54 Å². The lowest BCUT2D eigenvalue weighted by molar-refractivity contribution is 0.562. The number of rotatable bonds is 5. The minimum atomic E-state index is 0.170. The summed E-state index contributed by atoms with van der Waals surface area (Å²) in [5, 5.41) is 13.0. The van der Waals surface area contributed by atoms with E-state index in [4.69, 9.17) is 28.5 Å². The van der Waals surface area contributed by atoms with Crippen LogP contribution in [0.5, 0.6) is 0 Å². The molecule has 0 unspecified atom stereocenters. The second-order valence-electron chi connectivity index (χ2n) is 3.60. The molecule has 2 nitrogen and oxygen atoms in total. The number of halogens is 2. The summed E-state index contributed by atoms with van der Waals surface area (Å²) >= 11 is 11.9. The van der Waals surface area contributed by atoms with Crippen LogP contribution in [0.4, 0.5) is 0 Å². The molecule has 0 fully saturated rings. The van der Waals surface area contributed by atoms with Gasteiger partial charge in [-0.15, -0.1) is 0 Å². The Kier molecular flexibility index (Phi) is 5.62. The first-order valence-electron chi connectivity index (χ1n) is 5.20. The van der Waals surface area contributed by atoms with Gasteiger partial charge in [0.2, 0.25) is 0 Å². The Hall–Kier alpha value is -0.750. The van der Waals surface area contributed by atoms with Crippen LogP contribution in [-0.2, 0) is 0 Å². The molecule has 0 aromatic heterocycles. The van der Waals surface area contributed by atoms with Crippen LogP contribution in [0.2, 0.25) is 10.0 Å². The normalized spacial score (nSPS) is 12.1. The van der Waals surface area contributed by atoms with Gasteiger partial charge < -0.3 is 5.32 Å². The Bertz CT molecular complexity index is 385. The van der Waals surface area contributed by atoms with Crippen LogP contribution in [0, 0.1) is 11.3 Å². The van der Waals surface area contributed by atoms with Crippen molar-refractivity contribution in [2.45, 2.75) is 25.8 Å². The molecule has 1 aromatic rings. The van der Waals surface area contributed by atoms with E-state index in [-0.39, 0.29) is 6.04 Å². The SMILES string of the molecule is C[C@H](NCCCC#N)c1ccc(Cl)cc1Cl. The zero-order chi connectivity index (χ0) is 12.0. The lowest BCUT2D eigenvalue weighted by atomic mass is 10.1. The van der Waals surface area contributed by atoms with Crippen molar-refractivity contribution in [2.24, 2.45) is 0 Å². The Balaban J connectivity index is 2.53. The highest BCUT2D eigenvalue weighted by atomic mass is 35.5. The summed E-state index contributed by atoms with van der Waals surface area (Å²) in [7, 11) is 0. The predicted octanol–water partition coefficient (Wildman–Crippen LogP) is 3.95. The van der Waals surface area contributed by atoms with Gasteiger partial charge in [0.1, 0.15) is 0 Å². The van der Waals surface area contributed by atoms with E-state index >= 15 is 0 Å². The molecule has 0 aliphatic carbocycles. The van der Waals surface area contributed by atoms with E-state index in [9.17, 15) is 0 Å². The number of nitriles is 1. The summed E-state index contributed by atoms with van der Waals surface area (Å²) in [6.07, 6.45) is 1.43. The van der Waals surface area contributed by atoms with Crippen molar-refractivity contribution in [3.05, 3.63) is 33.8 Å². The molecule has 0 saturated heterocycles. The standard InChI is InChI=1S/C12H14Cl2N2/c1-9(16-7-3-2-6-15)11-5-4-10(13)8-12(11)14/h4-5,8-9,16H,2-3,7H2,1H3/t9-/m0/s1. The summed E-state index contributed by atoms with van der Waals surface area (Å²) in [6.45, 7) is 2.86. The van der Waals surface area contributed by atoms with Crippen LogP contribution in [0.3, 0.4) is 0 Å². The van der Waals surface area contributed by atoms with Crippen LogP contribution >= 0.6 is 23.2 Å². The van der Waals surface area contributed by atoms with E-state index in [0.717, 1.165) is 18.5 Å². The van der Waals surface area contributed by atoms with E-state index in [1.54, 1.807) is 6.07 Å². The molecule has 16 heavy (non-hydrogen) atoms. The summed E-state index contributed by atoms with van der Waals surface area (Å²) in [6, 6.07) is 7.78. The monoisotopic (exact) mass is 256 g/mol. The average molecular weight is 257 g/mol. The van der Waals surface area contributed by atoms with Crippen molar-refractivity contribution in [3.8, 4) is 6.07 Å². The smallest absolute Gasteiger partial charge is 0.0622 e. The molecule has 0 spiro atoms. The highest BCUT2D eigenvalue weighted by molar-refractivity contribution is 6.35. The minimum absolute atomic E-state index is 0.170. The Labute approximate surface area is 106 Å². The van der Waals surface area contributed by atoms with Crippen LogP contribution < -0.4 is 5.32 Å². The highest BCUT2D eigenvalue weighted by Crippen LogP contribution is 2.25. The number of nitrogens with one attached hydrogen (secondary N) is 1. The lowest BCUT2D eigenvalue weighted by Crippen LogP contribution is -2.20. The zero-order valence-corrected chi connectivity index (χ0v) is 10.6. The molecule has 0 heterocycles. The summed E-state index contributed by atoms with van der Waals surface area (Å²) < 4.78 is 0. The molecule has 0 radical (unpaired) electrons. The van der Waals surface area contributed by atoms with E-state index in [1.165, 1.54) is 0 Å². The van der Waals surface area contributed by atoms with Gasteiger partial charge in [0, 0.05) is 22.5 Å². The number of benzene rings is 1. The minimum Gasteiger partial charge on any atom is -0.310 e. The highest BCUT2D eigenvalue weighted by Gasteiger charge is 2.08. The molecule has 86 valence electrons. The second-order valence-corrected chi connectivity index (χ2v) is 4.45. The van der Waals surface area contributed by atoms with Crippen molar-refractivity contribution in [2.75, 3.05) is 6.54 Å². The number of hydrogen-bond donors (Lipinski definition) is 1. The molecular formula is C12H14Cl2N2. The van der Waals surface area contributed by atoms with Crippen molar-refractivity contribution in [3.63, 3.8) is 0 Å². The number of hydrogen-bond acceptors (Lipinski definition) is 2. The molecule has 1 aromatic carbocycles. The van der Waals surface area contributed by atoms with Gasteiger partial charge >= 0.3 is 0 Å². The molecule has 4 heteroatoms. The maximum absolute atomic E-state index is 8.41. The second kappa shape index (κ2) is 6.75. The third kappa shape index (κ3) is 4.02. The largest absolute Gasteiger partial charge is 0.310 e. The average Bonchev–Trinajstić information content (AvgIpc) is 2.24. The first-order chi connectivity index (χ1) is 7.65. The number of unbranched alkanes of at least 4 members (excludes halogenated alkanes) is 1. The van der Waals surface area contributed by atoms with E-state index < -0.39 is 0 Å². The Morgan fingerprint density at radius 2 is 2.19 bits per heavy atom. The van der Waals surface area contributed by atoms with Crippen molar-refractivity contribution in [1.82, 2.24) is 5.32 Å². The first kappa shape index (κ1) is 13.3. The molecule has 0 amide bonds. The molecule has 1 atom stereocenters. The molecule has 0 aliphatic rings. The fourth-order valence-electron chi connectivity index (χ4n) is 1.45. The van der Waals surface area contributed by atoms with Crippen LogP contribution in [0.15, 0.2) is 18.2 Å². The number of nitrogens with zero attached hydrogens (tertiary/aromatic N) is 1. The third-order valence-electron chi connectivity index (χ3n) is 2.34. The molecular weight excluding hydrogens is 243 g/mol. The van der Waals surface area contributed by atoms with Gasteiger partial charge in [-0.3, -0.25) is 0 Å². The van der Waals surface area contributed by atoms with Gasteiger partial charge in [-0.1, -0.05) is 29.3 Å². The molecule has 0 bridgehead atoms. The maximum atomic E-state index is 8.41. The molecule has 1 rings (SSSR count). The van der Waals surface area contributed by atoms with Crippen LogP contribution in [0.25, 0.3) is 0 Å². The summed E-state index contributed by atoms with van der Waals surface area (Å²) in [5.74, 6) is 0.